The van der Waals surface area contributed by atoms with Gasteiger partial charge < -0.3 is 16.0 Å². The SMILES string of the molecule is CN(/N=C/c1cc(-c2cnc[nH]2)nc(Nc2ccccn2)n1)C(N)=S. The Bertz CT molecular complexity index is 877. The Morgan fingerprint density at radius 2 is 2.28 bits per heavy atom. The molecule has 0 aromatic carbocycles. The number of thiocarbonyl (C=S) groups is 1. The molecule has 9 nitrogen and oxygen atoms in total. The minimum Gasteiger partial charge on any atom is -0.375 e. The Hall–Kier alpha value is -3.40. The number of H-pyrrole nitrogens is 1. The second-order valence-electron chi connectivity index (χ2n) is 4.91. The van der Waals surface area contributed by atoms with Crippen LogP contribution in [0.3, 0.4) is 0 Å². The van der Waals surface area contributed by atoms with Gasteiger partial charge in [0, 0.05) is 13.2 Å². The van der Waals surface area contributed by atoms with Crippen molar-refractivity contribution in [3.8, 4) is 11.4 Å². The molecule has 0 saturated heterocycles. The van der Waals surface area contributed by atoms with Crippen LogP contribution in [0.4, 0.5) is 11.8 Å². The summed E-state index contributed by atoms with van der Waals surface area (Å²) in [4.78, 5) is 20.1. The van der Waals surface area contributed by atoms with E-state index >= 15 is 0 Å². The van der Waals surface area contributed by atoms with Crippen LogP contribution in [0, 0.1) is 0 Å². The Morgan fingerprint density at radius 3 is 2.96 bits per heavy atom. The lowest BCUT2D eigenvalue weighted by molar-refractivity contribution is 0.552. The molecule has 0 aliphatic carbocycles. The topological polar surface area (TPSA) is 121 Å². The van der Waals surface area contributed by atoms with E-state index in [1.54, 1.807) is 38.0 Å². The Labute approximate surface area is 149 Å². The van der Waals surface area contributed by atoms with Crippen molar-refractivity contribution in [1.29, 1.82) is 0 Å². The van der Waals surface area contributed by atoms with Crippen LogP contribution in [-0.4, -0.2) is 48.3 Å². The van der Waals surface area contributed by atoms with Crippen LogP contribution in [0.5, 0.6) is 0 Å². The zero-order valence-electron chi connectivity index (χ0n) is 13.3. The van der Waals surface area contributed by atoms with E-state index in [-0.39, 0.29) is 5.11 Å². The number of aromatic nitrogens is 5. The lowest BCUT2D eigenvalue weighted by atomic mass is 10.3. The quantitative estimate of drug-likeness (QED) is 0.359. The second-order valence-corrected chi connectivity index (χ2v) is 5.33. The van der Waals surface area contributed by atoms with Crippen LogP contribution < -0.4 is 11.1 Å². The van der Waals surface area contributed by atoms with Crippen LogP contribution >= 0.6 is 12.2 Å². The highest BCUT2D eigenvalue weighted by Gasteiger charge is 2.08. The number of aromatic amines is 1. The molecule has 4 N–H and O–H groups in total. The van der Waals surface area contributed by atoms with E-state index in [1.807, 2.05) is 18.2 Å². The number of imidazole rings is 1. The van der Waals surface area contributed by atoms with E-state index in [0.29, 0.717) is 23.2 Å². The third kappa shape index (κ3) is 4.32. The maximum atomic E-state index is 5.52. The smallest absolute Gasteiger partial charge is 0.229 e. The molecule has 0 saturated carbocycles. The molecule has 3 aromatic heterocycles. The van der Waals surface area contributed by atoms with Gasteiger partial charge in [-0.1, -0.05) is 6.07 Å². The number of pyridine rings is 1. The molecule has 0 atom stereocenters. The molecule has 10 heteroatoms. The molecule has 0 radical (unpaired) electrons. The molecule has 0 bridgehead atoms. The standard InChI is InChI=1S/C15H15N9S/c1-24(14(16)25)20-7-10-6-11(12-8-17-9-19-12)22-15(21-10)23-13-4-2-3-5-18-13/h2-9H,1H3,(H2,16,25)(H,17,19)(H,18,21,22,23)/b20-7+. The van der Waals surface area contributed by atoms with Gasteiger partial charge in [0.1, 0.15) is 5.82 Å². The third-order valence-corrected chi connectivity index (χ3v) is 3.37. The van der Waals surface area contributed by atoms with Gasteiger partial charge in [0.15, 0.2) is 5.11 Å². The Morgan fingerprint density at radius 1 is 1.40 bits per heavy atom. The van der Waals surface area contributed by atoms with Crippen molar-refractivity contribution in [2.24, 2.45) is 10.8 Å². The molecule has 3 rings (SSSR count). The van der Waals surface area contributed by atoms with Crippen LogP contribution in [0.1, 0.15) is 5.69 Å². The number of hydrazone groups is 1. The molecule has 3 aromatic rings. The Kier molecular flexibility index (Phi) is 4.90. The first-order valence-corrected chi connectivity index (χ1v) is 7.65. The highest BCUT2D eigenvalue weighted by molar-refractivity contribution is 7.80. The summed E-state index contributed by atoms with van der Waals surface area (Å²) in [5.74, 6) is 1.01. The van der Waals surface area contributed by atoms with Gasteiger partial charge in [0.2, 0.25) is 5.95 Å². The first-order valence-electron chi connectivity index (χ1n) is 7.25. The summed E-state index contributed by atoms with van der Waals surface area (Å²) in [5, 5.41) is 8.74. The molecule has 3 heterocycles. The fraction of sp³-hybridized carbons (Fsp3) is 0.0667. The van der Waals surface area contributed by atoms with Gasteiger partial charge in [-0.15, -0.1) is 0 Å². The predicted octanol–water partition coefficient (Wildman–Crippen LogP) is 1.51. The van der Waals surface area contributed by atoms with Gasteiger partial charge in [-0.25, -0.2) is 24.9 Å². The fourth-order valence-electron chi connectivity index (χ4n) is 1.88. The number of nitrogens with one attached hydrogen (secondary N) is 2. The van der Waals surface area contributed by atoms with E-state index in [2.05, 4.69) is 35.3 Å². The van der Waals surface area contributed by atoms with Crippen molar-refractivity contribution < 1.29 is 0 Å². The van der Waals surface area contributed by atoms with Crippen molar-refractivity contribution in [2.75, 3.05) is 12.4 Å². The predicted molar refractivity (Wildman–Crippen MR) is 99.3 cm³/mol. The molecular weight excluding hydrogens is 338 g/mol. The monoisotopic (exact) mass is 353 g/mol. The lowest BCUT2D eigenvalue weighted by Gasteiger charge is -2.09. The van der Waals surface area contributed by atoms with Crippen molar-refractivity contribution in [3.05, 3.63) is 48.7 Å². The van der Waals surface area contributed by atoms with Gasteiger partial charge >= 0.3 is 0 Å². The van der Waals surface area contributed by atoms with Crippen molar-refractivity contribution in [3.63, 3.8) is 0 Å². The minimum absolute atomic E-state index is 0.158. The van der Waals surface area contributed by atoms with Crippen molar-refractivity contribution in [2.45, 2.75) is 0 Å². The van der Waals surface area contributed by atoms with Crippen LogP contribution in [0.2, 0.25) is 0 Å². The minimum atomic E-state index is 0.158. The number of anilines is 2. The summed E-state index contributed by atoms with van der Waals surface area (Å²) < 4.78 is 0. The molecule has 0 fully saturated rings. The number of nitrogens with two attached hydrogens (primary N) is 1. The maximum absolute atomic E-state index is 5.52. The Balaban J connectivity index is 1.95. The van der Waals surface area contributed by atoms with Crippen LogP contribution in [0.15, 0.2) is 48.1 Å². The summed E-state index contributed by atoms with van der Waals surface area (Å²) in [6, 6.07) is 7.29. The van der Waals surface area contributed by atoms with Gasteiger partial charge in [-0.2, -0.15) is 5.10 Å². The van der Waals surface area contributed by atoms with Gasteiger partial charge in [0.25, 0.3) is 0 Å². The maximum Gasteiger partial charge on any atom is 0.229 e. The zero-order chi connectivity index (χ0) is 17.6. The average molecular weight is 353 g/mol. The van der Waals surface area contributed by atoms with Gasteiger partial charge in [-0.05, 0) is 30.4 Å². The number of hydrogen-bond donors (Lipinski definition) is 3. The van der Waals surface area contributed by atoms with Gasteiger partial charge in [-0.3, -0.25) is 0 Å². The summed E-state index contributed by atoms with van der Waals surface area (Å²) in [6.45, 7) is 0. The van der Waals surface area contributed by atoms with E-state index < -0.39 is 0 Å². The third-order valence-electron chi connectivity index (χ3n) is 3.11. The first kappa shape index (κ1) is 16.5. The molecule has 0 unspecified atom stereocenters. The lowest BCUT2D eigenvalue weighted by Crippen LogP contribution is -2.27. The highest BCUT2D eigenvalue weighted by Crippen LogP contribution is 2.17. The highest BCUT2D eigenvalue weighted by atomic mass is 32.1. The number of hydrogen-bond acceptors (Lipinski definition) is 7. The van der Waals surface area contributed by atoms with E-state index in [9.17, 15) is 0 Å². The molecular formula is C15H15N9S. The summed E-state index contributed by atoms with van der Waals surface area (Å²) in [6.07, 6.45) is 6.48. The van der Waals surface area contributed by atoms with Gasteiger partial charge in [0.05, 0.1) is 35.8 Å². The largest absolute Gasteiger partial charge is 0.375 e. The molecule has 25 heavy (non-hydrogen) atoms. The fourth-order valence-corrected chi connectivity index (χ4v) is 1.92. The van der Waals surface area contributed by atoms with E-state index in [1.165, 1.54) is 5.01 Å². The molecule has 0 amide bonds. The summed E-state index contributed by atoms with van der Waals surface area (Å²) >= 11 is 4.86. The van der Waals surface area contributed by atoms with E-state index in [0.717, 1.165) is 5.69 Å². The van der Waals surface area contributed by atoms with Crippen molar-refractivity contribution in [1.82, 2.24) is 29.9 Å². The summed E-state index contributed by atoms with van der Waals surface area (Å²) in [5.41, 5.74) is 7.50. The number of nitrogens with zero attached hydrogens (tertiary/aromatic N) is 6. The number of rotatable bonds is 5. The zero-order valence-corrected chi connectivity index (χ0v) is 14.1. The second kappa shape index (κ2) is 7.45. The average Bonchev–Trinajstić information content (AvgIpc) is 3.15. The molecule has 0 aliphatic heterocycles. The first-order chi connectivity index (χ1) is 12.1. The normalized spacial score (nSPS) is 10.8. The molecule has 0 aliphatic rings. The molecule has 126 valence electrons. The van der Waals surface area contributed by atoms with Crippen LogP contribution in [-0.2, 0) is 0 Å². The van der Waals surface area contributed by atoms with E-state index in [4.69, 9.17) is 18.0 Å². The van der Waals surface area contributed by atoms with Crippen molar-refractivity contribution >= 4 is 35.3 Å². The summed E-state index contributed by atoms with van der Waals surface area (Å²) in [7, 11) is 1.66. The molecule has 0 spiro atoms. The van der Waals surface area contributed by atoms with Crippen LogP contribution in [0.25, 0.3) is 11.4 Å².